The first-order valence-electron chi connectivity index (χ1n) is 9.71. The van der Waals surface area contributed by atoms with E-state index in [1.54, 1.807) is 0 Å². The Balaban J connectivity index is -0.000000480. The summed E-state index contributed by atoms with van der Waals surface area (Å²) in [6.45, 7) is 2.22. The quantitative estimate of drug-likeness (QED) is 0.199. The van der Waals surface area contributed by atoms with Crippen LogP contribution < -0.4 is 64.4 Å². The van der Waals surface area contributed by atoms with Gasteiger partial charge in [-0.15, -0.1) is 0 Å². The molecule has 0 rings (SSSR count). The average Bonchev–Trinajstić information content (AvgIpc) is 2.56. The van der Waals surface area contributed by atoms with Crippen molar-refractivity contribution in [3.8, 4) is 0 Å². The summed E-state index contributed by atoms with van der Waals surface area (Å²) in [5.41, 5.74) is 0. The molecule has 0 fully saturated rings. The zero-order chi connectivity index (χ0) is 18.9. The molecule has 0 aromatic heterocycles. The molecule has 0 aliphatic carbocycles. The van der Waals surface area contributed by atoms with E-state index in [4.69, 9.17) is 10.2 Å². The standard InChI is InChI=1S/C19H35NO5.2Na.2H/c1-2-3-4-5-6-7-8-9-10-11-12-13-17(21)20-16(19(24)25)14-15-18(22)23;;;;/h16H,2-15H2,1H3,(H,20,21)(H,22,23)(H,24,25);;;;/q;2*+1;2*-1. The molecule has 0 aliphatic heterocycles. The van der Waals surface area contributed by atoms with Crippen LogP contribution >= 0.6 is 0 Å². The summed E-state index contributed by atoms with van der Waals surface area (Å²) in [4.78, 5) is 33.2. The number of amides is 1. The van der Waals surface area contributed by atoms with Crippen LogP contribution in [0.5, 0.6) is 0 Å². The molecular weight excluding hydrogens is 368 g/mol. The van der Waals surface area contributed by atoms with Crippen LogP contribution in [-0.2, 0) is 14.4 Å². The van der Waals surface area contributed by atoms with E-state index in [9.17, 15) is 14.4 Å². The van der Waals surface area contributed by atoms with E-state index in [1.165, 1.54) is 51.4 Å². The topological polar surface area (TPSA) is 104 Å². The molecule has 0 aromatic rings. The van der Waals surface area contributed by atoms with Crippen molar-refractivity contribution in [2.45, 2.75) is 103 Å². The third-order valence-corrected chi connectivity index (χ3v) is 4.29. The van der Waals surface area contributed by atoms with E-state index < -0.39 is 18.0 Å². The maximum atomic E-state index is 11.7. The molecule has 0 aromatic carbocycles. The molecule has 0 spiro atoms. The van der Waals surface area contributed by atoms with Crippen LogP contribution in [0.3, 0.4) is 0 Å². The zero-order valence-corrected chi connectivity index (χ0v) is 21.6. The van der Waals surface area contributed by atoms with E-state index in [0.717, 1.165) is 19.3 Å². The van der Waals surface area contributed by atoms with Crippen LogP contribution in [0.1, 0.15) is 99.7 Å². The first kappa shape index (κ1) is 32.1. The molecule has 3 N–H and O–H groups in total. The Kier molecular flexibility index (Phi) is 27.0. The van der Waals surface area contributed by atoms with Crippen LogP contribution in [0.2, 0.25) is 0 Å². The first-order chi connectivity index (χ1) is 12.0. The van der Waals surface area contributed by atoms with Crippen LogP contribution in [0, 0.1) is 0 Å². The summed E-state index contributed by atoms with van der Waals surface area (Å²) in [5.74, 6) is -2.56. The monoisotopic (exact) mass is 405 g/mol. The summed E-state index contributed by atoms with van der Waals surface area (Å²) in [7, 11) is 0. The minimum atomic E-state index is -1.19. The van der Waals surface area contributed by atoms with Crippen molar-refractivity contribution in [1.82, 2.24) is 5.32 Å². The normalized spacial score (nSPS) is 11.0. The number of rotatable bonds is 17. The Morgan fingerprint density at radius 3 is 1.63 bits per heavy atom. The van der Waals surface area contributed by atoms with Gasteiger partial charge in [0.05, 0.1) is 0 Å². The van der Waals surface area contributed by atoms with Gasteiger partial charge in [0.25, 0.3) is 0 Å². The van der Waals surface area contributed by atoms with E-state index >= 15 is 0 Å². The molecular formula is C19H37NNa2O5. The predicted octanol–water partition coefficient (Wildman–Crippen LogP) is -1.65. The van der Waals surface area contributed by atoms with Gasteiger partial charge >= 0.3 is 71.1 Å². The van der Waals surface area contributed by atoms with Gasteiger partial charge in [-0.3, -0.25) is 9.59 Å². The van der Waals surface area contributed by atoms with Gasteiger partial charge in [-0.1, -0.05) is 71.1 Å². The van der Waals surface area contributed by atoms with Crippen molar-refractivity contribution < 1.29 is 86.6 Å². The van der Waals surface area contributed by atoms with Gasteiger partial charge in [-0.2, -0.15) is 0 Å². The molecule has 0 heterocycles. The Labute approximate surface area is 211 Å². The number of aliphatic carboxylic acids is 2. The number of carbonyl (C=O) groups is 3. The van der Waals surface area contributed by atoms with Crippen LogP contribution in [0.25, 0.3) is 0 Å². The summed E-state index contributed by atoms with van der Waals surface area (Å²) >= 11 is 0. The largest absolute Gasteiger partial charge is 1.00 e. The van der Waals surface area contributed by atoms with Crippen molar-refractivity contribution in [3.05, 3.63) is 0 Å². The van der Waals surface area contributed by atoms with E-state index in [1.807, 2.05) is 0 Å². The summed E-state index contributed by atoms with van der Waals surface area (Å²) in [6, 6.07) is -1.11. The first-order valence-corrected chi connectivity index (χ1v) is 9.71. The number of unbranched alkanes of at least 4 members (excludes halogenated alkanes) is 10. The Morgan fingerprint density at radius 2 is 1.22 bits per heavy atom. The average molecular weight is 405 g/mol. The van der Waals surface area contributed by atoms with Crippen molar-refractivity contribution in [1.29, 1.82) is 0 Å². The minimum Gasteiger partial charge on any atom is -1.00 e. The molecule has 0 saturated carbocycles. The fourth-order valence-electron chi connectivity index (χ4n) is 2.74. The molecule has 6 nitrogen and oxygen atoms in total. The van der Waals surface area contributed by atoms with Gasteiger partial charge in [0.15, 0.2) is 0 Å². The van der Waals surface area contributed by atoms with Crippen LogP contribution in [-0.4, -0.2) is 34.1 Å². The summed E-state index contributed by atoms with van der Waals surface area (Å²) in [5, 5.41) is 20.0. The number of carboxylic acid groups (broad SMARTS) is 2. The van der Waals surface area contributed by atoms with Crippen LogP contribution in [0.15, 0.2) is 0 Å². The molecule has 1 amide bonds. The van der Waals surface area contributed by atoms with Gasteiger partial charge < -0.3 is 18.4 Å². The fraction of sp³-hybridized carbons (Fsp3) is 0.842. The zero-order valence-electron chi connectivity index (χ0n) is 19.6. The van der Waals surface area contributed by atoms with Gasteiger partial charge in [0, 0.05) is 12.8 Å². The molecule has 150 valence electrons. The summed E-state index contributed by atoms with van der Waals surface area (Å²) in [6.07, 6.45) is 13.1. The SMILES string of the molecule is CCCCCCCCCCCCCC(=O)NC(CCC(=O)O)C(=O)O.[H-].[H-].[Na+].[Na+]. The number of carboxylic acids is 2. The molecule has 0 saturated heterocycles. The van der Waals surface area contributed by atoms with E-state index in [0.29, 0.717) is 6.42 Å². The van der Waals surface area contributed by atoms with Crippen molar-refractivity contribution in [3.63, 3.8) is 0 Å². The van der Waals surface area contributed by atoms with E-state index in [2.05, 4.69) is 12.2 Å². The third-order valence-electron chi connectivity index (χ3n) is 4.29. The van der Waals surface area contributed by atoms with Crippen molar-refractivity contribution >= 4 is 17.8 Å². The molecule has 0 bridgehead atoms. The number of carbonyl (C=O) groups excluding carboxylic acids is 1. The van der Waals surface area contributed by atoms with Gasteiger partial charge in [0.1, 0.15) is 6.04 Å². The Morgan fingerprint density at radius 1 is 0.778 bits per heavy atom. The molecule has 0 aliphatic rings. The minimum absolute atomic E-state index is 0. The Hall–Kier alpha value is 0.410. The third kappa shape index (κ3) is 22.6. The second-order valence-electron chi connectivity index (χ2n) is 6.68. The van der Waals surface area contributed by atoms with Crippen LogP contribution in [0.4, 0.5) is 0 Å². The van der Waals surface area contributed by atoms with Gasteiger partial charge in [-0.25, -0.2) is 4.79 Å². The molecule has 0 radical (unpaired) electrons. The number of hydrogen-bond donors (Lipinski definition) is 3. The number of nitrogens with one attached hydrogen (secondary N) is 1. The summed E-state index contributed by atoms with van der Waals surface area (Å²) < 4.78 is 0. The maximum absolute atomic E-state index is 11.7. The second kappa shape index (κ2) is 22.7. The molecule has 1 atom stereocenters. The molecule has 1 unspecified atom stereocenters. The molecule has 27 heavy (non-hydrogen) atoms. The van der Waals surface area contributed by atoms with E-state index in [-0.39, 0.29) is 80.7 Å². The maximum Gasteiger partial charge on any atom is 1.00 e. The second-order valence-corrected chi connectivity index (χ2v) is 6.68. The molecule has 8 heteroatoms. The number of hydrogen-bond acceptors (Lipinski definition) is 3. The smallest absolute Gasteiger partial charge is 1.00 e. The van der Waals surface area contributed by atoms with Gasteiger partial charge in [0.2, 0.25) is 5.91 Å². The van der Waals surface area contributed by atoms with Crippen molar-refractivity contribution in [2.24, 2.45) is 0 Å². The van der Waals surface area contributed by atoms with Gasteiger partial charge in [-0.05, 0) is 12.8 Å². The fourth-order valence-corrected chi connectivity index (χ4v) is 2.74. The van der Waals surface area contributed by atoms with Crippen molar-refractivity contribution in [2.75, 3.05) is 0 Å². The predicted molar refractivity (Wildman–Crippen MR) is 99.7 cm³/mol. The Bertz CT molecular complexity index is 405.